The molecule has 186 valence electrons. The van der Waals surface area contributed by atoms with Crippen molar-refractivity contribution in [3.8, 4) is 0 Å². The molecule has 1 atom stereocenters. The number of hydrogen-bond donors (Lipinski definition) is 1. The highest BCUT2D eigenvalue weighted by Crippen LogP contribution is 2.24. The second-order valence-corrected chi connectivity index (χ2v) is 11.5. The number of nitrogens with zero attached hydrogens (tertiary/aromatic N) is 3. The number of rotatable bonds is 8. The van der Waals surface area contributed by atoms with E-state index in [0.717, 1.165) is 45.3 Å². The van der Waals surface area contributed by atoms with E-state index in [1.54, 1.807) is 0 Å². The second kappa shape index (κ2) is 11.5. The molecule has 0 aromatic heterocycles. The molecule has 0 radical (unpaired) electrons. The molecule has 0 spiro atoms. The number of piperidine rings is 1. The molecule has 2 heterocycles. The minimum absolute atomic E-state index is 0.167. The van der Waals surface area contributed by atoms with Crippen LogP contribution in [-0.4, -0.2) is 93.9 Å². The zero-order valence-corrected chi connectivity index (χ0v) is 21.3. The van der Waals surface area contributed by atoms with Gasteiger partial charge in [-0.2, -0.15) is 0 Å². The fourth-order valence-corrected chi connectivity index (χ4v) is 5.20. The maximum Gasteiger partial charge on any atom is 0.320 e. The Kier molecular flexibility index (Phi) is 9.01. The van der Waals surface area contributed by atoms with Gasteiger partial charge < -0.3 is 19.4 Å². The normalized spacial score (nSPS) is 19.2. The molecule has 2 saturated heterocycles. The van der Waals surface area contributed by atoms with Crippen LogP contribution in [0.2, 0.25) is 0 Å². The molecule has 0 saturated carbocycles. The Morgan fingerprint density at radius 1 is 1.06 bits per heavy atom. The van der Waals surface area contributed by atoms with Gasteiger partial charge in [-0.05, 0) is 56.2 Å². The molecule has 33 heavy (non-hydrogen) atoms. The monoisotopic (exact) mass is 480 g/mol. The summed E-state index contributed by atoms with van der Waals surface area (Å²) in [7, 11) is -3.26. The SMILES string of the molecule is CC(CN(CC1CCN(C(=O)N2CCOCC2)CC1)C(C)C)c1ccc(NS(C)(=O)=O)cc1. The maximum atomic E-state index is 12.7. The van der Waals surface area contributed by atoms with Crippen LogP contribution in [0.1, 0.15) is 45.1 Å². The predicted molar refractivity (Wildman–Crippen MR) is 132 cm³/mol. The van der Waals surface area contributed by atoms with Crippen LogP contribution >= 0.6 is 0 Å². The van der Waals surface area contributed by atoms with E-state index < -0.39 is 10.0 Å². The van der Waals surface area contributed by atoms with Crippen LogP contribution in [0.25, 0.3) is 0 Å². The summed E-state index contributed by atoms with van der Waals surface area (Å²) in [4.78, 5) is 19.2. The summed E-state index contributed by atoms with van der Waals surface area (Å²) in [6.07, 6.45) is 3.24. The van der Waals surface area contributed by atoms with Crippen LogP contribution in [0, 0.1) is 5.92 Å². The summed E-state index contributed by atoms with van der Waals surface area (Å²) < 4.78 is 30.7. The van der Waals surface area contributed by atoms with Crippen LogP contribution < -0.4 is 4.72 Å². The Morgan fingerprint density at radius 3 is 2.18 bits per heavy atom. The Hall–Kier alpha value is -1.84. The van der Waals surface area contributed by atoms with Gasteiger partial charge in [-0.25, -0.2) is 13.2 Å². The van der Waals surface area contributed by atoms with Crippen molar-refractivity contribution in [2.45, 2.75) is 45.6 Å². The van der Waals surface area contributed by atoms with Crippen molar-refractivity contribution in [1.29, 1.82) is 0 Å². The fourth-order valence-electron chi connectivity index (χ4n) is 4.64. The summed E-state index contributed by atoms with van der Waals surface area (Å²) in [5.41, 5.74) is 1.79. The molecule has 2 aliphatic heterocycles. The van der Waals surface area contributed by atoms with E-state index in [1.807, 2.05) is 34.1 Å². The van der Waals surface area contributed by atoms with Crippen molar-refractivity contribution in [3.05, 3.63) is 29.8 Å². The van der Waals surface area contributed by atoms with Crippen LogP contribution in [0.5, 0.6) is 0 Å². The number of likely N-dealkylation sites (tertiary alicyclic amines) is 1. The first-order chi connectivity index (χ1) is 15.6. The average Bonchev–Trinajstić information content (AvgIpc) is 2.78. The van der Waals surface area contributed by atoms with E-state index in [-0.39, 0.29) is 6.03 Å². The topological polar surface area (TPSA) is 82.2 Å². The van der Waals surface area contributed by atoms with Gasteiger partial charge in [0, 0.05) is 51.0 Å². The van der Waals surface area contributed by atoms with Crippen LogP contribution in [-0.2, 0) is 14.8 Å². The van der Waals surface area contributed by atoms with Crippen LogP contribution in [0.3, 0.4) is 0 Å². The number of carbonyl (C=O) groups is 1. The summed E-state index contributed by atoms with van der Waals surface area (Å²) >= 11 is 0. The van der Waals surface area contributed by atoms with Gasteiger partial charge in [-0.3, -0.25) is 4.72 Å². The third kappa shape index (κ3) is 7.86. The molecule has 1 aromatic carbocycles. The Labute approximate surface area is 199 Å². The lowest BCUT2D eigenvalue weighted by Gasteiger charge is -2.39. The van der Waals surface area contributed by atoms with Crippen LogP contribution in [0.4, 0.5) is 10.5 Å². The largest absolute Gasteiger partial charge is 0.378 e. The number of amides is 2. The Bertz CT molecular complexity index is 861. The standard InChI is InChI=1S/C24H40N4O4S/c1-19(2)28(17-20(3)22-5-7-23(8-6-22)25-33(4,30)31)18-21-9-11-26(12-10-21)24(29)27-13-15-32-16-14-27/h5-8,19-21,25H,9-18H2,1-4H3. The van der Waals surface area contributed by atoms with E-state index in [2.05, 4.69) is 30.4 Å². The van der Waals surface area contributed by atoms with Gasteiger partial charge in [-0.15, -0.1) is 0 Å². The third-order valence-electron chi connectivity index (χ3n) is 6.68. The number of anilines is 1. The Morgan fingerprint density at radius 2 is 1.64 bits per heavy atom. The second-order valence-electron chi connectivity index (χ2n) is 9.76. The van der Waals surface area contributed by atoms with Crippen molar-refractivity contribution >= 4 is 21.7 Å². The van der Waals surface area contributed by atoms with Gasteiger partial charge in [0.15, 0.2) is 0 Å². The van der Waals surface area contributed by atoms with E-state index in [1.165, 1.54) is 5.56 Å². The third-order valence-corrected chi connectivity index (χ3v) is 7.29. The van der Waals surface area contributed by atoms with Crippen LogP contribution in [0.15, 0.2) is 24.3 Å². The number of hydrogen-bond acceptors (Lipinski definition) is 5. The molecule has 3 rings (SSSR count). The van der Waals surface area contributed by atoms with Gasteiger partial charge >= 0.3 is 6.03 Å². The van der Waals surface area contributed by atoms with E-state index in [9.17, 15) is 13.2 Å². The number of morpholine rings is 1. The minimum atomic E-state index is -3.26. The molecule has 2 amide bonds. The van der Waals surface area contributed by atoms with Crippen molar-refractivity contribution in [1.82, 2.24) is 14.7 Å². The highest BCUT2D eigenvalue weighted by Gasteiger charge is 2.29. The molecule has 2 aliphatic rings. The van der Waals surface area contributed by atoms with Crippen molar-refractivity contribution in [3.63, 3.8) is 0 Å². The molecule has 0 bridgehead atoms. The van der Waals surface area contributed by atoms with Gasteiger partial charge in [0.25, 0.3) is 0 Å². The smallest absolute Gasteiger partial charge is 0.320 e. The summed E-state index contributed by atoms with van der Waals surface area (Å²) in [6, 6.07) is 8.27. The van der Waals surface area contributed by atoms with E-state index in [0.29, 0.717) is 49.9 Å². The molecule has 0 aliphatic carbocycles. The quantitative estimate of drug-likeness (QED) is 0.619. The van der Waals surface area contributed by atoms with Crippen molar-refractivity contribution in [2.24, 2.45) is 5.92 Å². The van der Waals surface area contributed by atoms with Crippen molar-refractivity contribution < 1.29 is 17.9 Å². The number of benzene rings is 1. The number of urea groups is 1. The lowest BCUT2D eigenvalue weighted by atomic mass is 9.94. The highest BCUT2D eigenvalue weighted by atomic mass is 32.2. The highest BCUT2D eigenvalue weighted by molar-refractivity contribution is 7.92. The molecule has 1 aromatic rings. The van der Waals surface area contributed by atoms with Gasteiger partial charge in [-0.1, -0.05) is 19.1 Å². The summed E-state index contributed by atoms with van der Waals surface area (Å²) in [5.74, 6) is 0.928. The molecule has 1 unspecified atom stereocenters. The fraction of sp³-hybridized carbons (Fsp3) is 0.708. The Balaban J connectivity index is 1.50. The molecular weight excluding hydrogens is 440 g/mol. The summed E-state index contributed by atoms with van der Waals surface area (Å²) in [6.45, 7) is 13.0. The molecule has 8 nitrogen and oxygen atoms in total. The lowest BCUT2D eigenvalue weighted by Crippen LogP contribution is -2.51. The first-order valence-electron chi connectivity index (χ1n) is 12.1. The van der Waals surface area contributed by atoms with Gasteiger partial charge in [0.2, 0.25) is 10.0 Å². The zero-order valence-electron chi connectivity index (χ0n) is 20.5. The number of nitrogens with one attached hydrogen (secondary N) is 1. The maximum absolute atomic E-state index is 12.7. The van der Waals surface area contributed by atoms with Gasteiger partial charge in [0.05, 0.1) is 19.5 Å². The molecule has 9 heteroatoms. The number of carbonyl (C=O) groups excluding carboxylic acids is 1. The predicted octanol–water partition coefficient (Wildman–Crippen LogP) is 3.04. The molecule has 1 N–H and O–H groups in total. The first-order valence-corrected chi connectivity index (χ1v) is 13.9. The number of sulfonamides is 1. The first kappa shape index (κ1) is 25.8. The molecular formula is C24H40N4O4S. The summed E-state index contributed by atoms with van der Waals surface area (Å²) in [5, 5.41) is 0. The number of ether oxygens (including phenoxy) is 1. The molecule has 2 fully saturated rings. The zero-order chi connectivity index (χ0) is 24.0. The van der Waals surface area contributed by atoms with Gasteiger partial charge in [0.1, 0.15) is 0 Å². The van der Waals surface area contributed by atoms with E-state index >= 15 is 0 Å². The minimum Gasteiger partial charge on any atom is -0.378 e. The van der Waals surface area contributed by atoms with E-state index in [4.69, 9.17) is 4.74 Å². The van der Waals surface area contributed by atoms with Crippen molar-refractivity contribution in [2.75, 3.05) is 63.5 Å². The lowest BCUT2D eigenvalue weighted by molar-refractivity contribution is 0.0387. The average molecular weight is 481 g/mol.